The van der Waals surface area contributed by atoms with Crippen molar-refractivity contribution in [3.8, 4) is 5.75 Å². The Hall–Kier alpha value is -2.03. The number of imidazole rings is 1. The van der Waals surface area contributed by atoms with Crippen molar-refractivity contribution in [2.45, 2.75) is 38.0 Å². The van der Waals surface area contributed by atoms with Gasteiger partial charge in [-0.25, -0.2) is 4.98 Å². The monoisotopic (exact) mass is 443 g/mol. The Labute approximate surface area is 162 Å². The molecule has 0 radical (unpaired) electrons. The number of alkyl halides is 3. The number of benzene rings is 1. The van der Waals surface area contributed by atoms with Crippen LogP contribution in [0.25, 0.3) is 0 Å². The first-order chi connectivity index (χ1) is 12.8. The highest BCUT2D eigenvalue weighted by Gasteiger charge is 2.41. The van der Waals surface area contributed by atoms with Gasteiger partial charge in [0.1, 0.15) is 23.9 Å². The first-order valence-corrected chi connectivity index (χ1v) is 9.44. The van der Waals surface area contributed by atoms with Crippen LogP contribution in [0, 0.1) is 5.92 Å². The molecule has 1 aromatic heterocycles. The Morgan fingerprint density at radius 2 is 2.19 bits per heavy atom. The van der Waals surface area contributed by atoms with Gasteiger partial charge in [0, 0.05) is 23.6 Å². The lowest BCUT2D eigenvalue weighted by Crippen LogP contribution is -2.42. The second-order valence-corrected chi connectivity index (χ2v) is 7.83. The van der Waals surface area contributed by atoms with Crippen LogP contribution in [-0.2, 0) is 19.4 Å². The Balaban J connectivity index is 1.44. The molecule has 27 heavy (non-hydrogen) atoms. The summed E-state index contributed by atoms with van der Waals surface area (Å²) in [6.07, 6.45) is -1.98. The number of hydrogen-bond acceptors (Lipinski definition) is 3. The van der Waals surface area contributed by atoms with Crippen molar-refractivity contribution in [2.24, 2.45) is 5.92 Å². The van der Waals surface area contributed by atoms with Crippen molar-refractivity contribution >= 4 is 21.8 Å². The van der Waals surface area contributed by atoms with Gasteiger partial charge in [-0.2, -0.15) is 13.2 Å². The smallest absolute Gasteiger partial charge is 0.393 e. The van der Waals surface area contributed by atoms with Crippen LogP contribution in [0.3, 0.4) is 0 Å². The van der Waals surface area contributed by atoms with Gasteiger partial charge in [-0.15, -0.1) is 0 Å². The molecule has 0 bridgehead atoms. The molecule has 0 saturated heterocycles. The molecule has 0 aliphatic carbocycles. The maximum atomic E-state index is 12.9. The Bertz CT molecular complexity index is 881. The van der Waals surface area contributed by atoms with E-state index in [2.05, 4.69) is 26.2 Å². The lowest BCUT2D eigenvalue weighted by Gasteiger charge is -2.26. The minimum absolute atomic E-state index is 0.00367. The number of ether oxygens (including phenoxy) is 1. The summed E-state index contributed by atoms with van der Waals surface area (Å²) in [5.74, 6) is -0.474. The Kier molecular flexibility index (Phi) is 4.65. The second kappa shape index (κ2) is 6.85. The molecule has 0 fully saturated rings. The van der Waals surface area contributed by atoms with Gasteiger partial charge in [0.15, 0.2) is 0 Å². The zero-order valence-electron chi connectivity index (χ0n) is 14.2. The van der Waals surface area contributed by atoms with E-state index in [1.807, 2.05) is 18.2 Å². The predicted octanol–water partition coefficient (Wildman–Crippen LogP) is 3.50. The van der Waals surface area contributed by atoms with Crippen LogP contribution in [0.4, 0.5) is 13.2 Å². The number of hydrogen-bond donors (Lipinski definition) is 1. The molecule has 4 rings (SSSR count). The van der Waals surface area contributed by atoms with Gasteiger partial charge in [-0.1, -0.05) is 15.9 Å². The molecule has 0 saturated carbocycles. The predicted molar refractivity (Wildman–Crippen MR) is 94.7 cm³/mol. The number of halogens is 4. The Morgan fingerprint density at radius 3 is 2.96 bits per heavy atom. The number of nitrogens with one attached hydrogen (secondary N) is 1. The Morgan fingerprint density at radius 1 is 1.37 bits per heavy atom. The molecular formula is C18H17BrF3N3O2. The second-order valence-electron chi connectivity index (χ2n) is 6.91. The van der Waals surface area contributed by atoms with Crippen molar-refractivity contribution in [1.82, 2.24) is 14.9 Å². The molecule has 2 aromatic rings. The molecule has 1 aromatic carbocycles. The number of rotatable bonds is 2. The quantitative estimate of drug-likeness (QED) is 0.772. The van der Waals surface area contributed by atoms with E-state index >= 15 is 0 Å². The van der Waals surface area contributed by atoms with Gasteiger partial charge < -0.3 is 14.6 Å². The SMILES string of the molecule is O=C(NC1COc2ccc(Br)cc2C1)c1cn2c(n1)CCC(C(F)(F)F)C2. The fourth-order valence-electron chi connectivity index (χ4n) is 3.54. The number of carbonyl (C=O) groups excluding carboxylic acids is 1. The molecule has 9 heteroatoms. The number of carbonyl (C=O) groups is 1. The molecule has 3 heterocycles. The van der Waals surface area contributed by atoms with Crippen LogP contribution in [0.5, 0.6) is 5.75 Å². The highest BCUT2D eigenvalue weighted by Crippen LogP contribution is 2.34. The van der Waals surface area contributed by atoms with E-state index < -0.39 is 18.0 Å². The third kappa shape index (κ3) is 3.83. The topological polar surface area (TPSA) is 56.1 Å². The van der Waals surface area contributed by atoms with E-state index in [1.165, 1.54) is 10.8 Å². The van der Waals surface area contributed by atoms with Gasteiger partial charge in [0.2, 0.25) is 0 Å². The standard InChI is InChI=1S/C18H17BrF3N3O2/c19-12-2-3-15-10(5-12)6-13(9-27-15)23-17(26)14-8-25-7-11(18(20,21)22)1-4-16(25)24-14/h2-3,5,8,11,13H,1,4,6-7,9H2,(H,23,26). The van der Waals surface area contributed by atoms with Crippen LogP contribution in [0.1, 0.15) is 28.3 Å². The summed E-state index contributed by atoms with van der Waals surface area (Å²) in [7, 11) is 0. The van der Waals surface area contributed by atoms with Gasteiger partial charge in [0.25, 0.3) is 5.91 Å². The minimum Gasteiger partial charge on any atom is -0.491 e. The number of fused-ring (bicyclic) bond motifs is 2. The summed E-state index contributed by atoms with van der Waals surface area (Å²) in [5, 5.41) is 2.87. The lowest BCUT2D eigenvalue weighted by atomic mass is 9.99. The van der Waals surface area contributed by atoms with Crippen LogP contribution < -0.4 is 10.1 Å². The molecule has 2 aliphatic heterocycles. The van der Waals surface area contributed by atoms with Crippen LogP contribution >= 0.6 is 15.9 Å². The molecular weight excluding hydrogens is 427 g/mol. The van der Waals surface area contributed by atoms with Crippen molar-refractivity contribution in [2.75, 3.05) is 6.61 Å². The molecule has 2 atom stereocenters. The van der Waals surface area contributed by atoms with Crippen molar-refractivity contribution in [3.63, 3.8) is 0 Å². The highest BCUT2D eigenvalue weighted by molar-refractivity contribution is 9.10. The molecule has 5 nitrogen and oxygen atoms in total. The van der Waals surface area contributed by atoms with E-state index in [9.17, 15) is 18.0 Å². The van der Waals surface area contributed by atoms with Crippen molar-refractivity contribution in [3.05, 3.63) is 46.0 Å². The van der Waals surface area contributed by atoms with Gasteiger partial charge in [0.05, 0.1) is 12.0 Å². The molecule has 2 aliphatic rings. The fraction of sp³-hybridized carbons (Fsp3) is 0.444. The average Bonchev–Trinajstić information content (AvgIpc) is 3.04. The van der Waals surface area contributed by atoms with Crippen LogP contribution in [0.15, 0.2) is 28.9 Å². The largest absolute Gasteiger partial charge is 0.491 e. The van der Waals surface area contributed by atoms with Gasteiger partial charge >= 0.3 is 6.18 Å². The van der Waals surface area contributed by atoms with E-state index in [0.717, 1.165) is 15.8 Å². The summed E-state index contributed by atoms with van der Waals surface area (Å²) in [6, 6.07) is 5.49. The van der Waals surface area contributed by atoms with E-state index in [4.69, 9.17) is 4.74 Å². The first kappa shape index (κ1) is 18.3. The minimum atomic E-state index is -4.23. The lowest BCUT2D eigenvalue weighted by molar-refractivity contribution is -0.182. The van der Waals surface area contributed by atoms with Crippen LogP contribution in [-0.4, -0.2) is 34.3 Å². The average molecular weight is 444 g/mol. The molecule has 0 spiro atoms. The summed E-state index contributed by atoms with van der Waals surface area (Å²) in [5.41, 5.74) is 1.13. The third-order valence-corrected chi connectivity index (χ3v) is 5.45. The molecule has 1 amide bonds. The summed E-state index contributed by atoms with van der Waals surface area (Å²) < 4.78 is 46.8. The number of amides is 1. The van der Waals surface area contributed by atoms with Gasteiger partial charge in [-0.05, 0) is 36.6 Å². The summed E-state index contributed by atoms with van der Waals surface area (Å²) in [4.78, 5) is 16.7. The molecule has 1 N–H and O–H groups in total. The van der Waals surface area contributed by atoms with E-state index in [0.29, 0.717) is 18.9 Å². The molecule has 2 unspecified atom stereocenters. The van der Waals surface area contributed by atoms with Crippen LogP contribution in [0.2, 0.25) is 0 Å². The molecule has 144 valence electrons. The zero-order valence-corrected chi connectivity index (χ0v) is 15.8. The number of aryl methyl sites for hydroxylation is 1. The zero-order chi connectivity index (χ0) is 19.2. The first-order valence-electron chi connectivity index (χ1n) is 8.64. The van der Waals surface area contributed by atoms with Crippen molar-refractivity contribution in [1.29, 1.82) is 0 Å². The third-order valence-electron chi connectivity index (χ3n) is 4.95. The van der Waals surface area contributed by atoms with E-state index in [-0.39, 0.29) is 31.1 Å². The van der Waals surface area contributed by atoms with E-state index in [1.54, 1.807) is 0 Å². The maximum absolute atomic E-state index is 12.9. The number of nitrogens with zero attached hydrogens (tertiary/aromatic N) is 2. The van der Waals surface area contributed by atoms with Crippen molar-refractivity contribution < 1.29 is 22.7 Å². The summed E-state index contributed by atoms with van der Waals surface area (Å²) >= 11 is 3.41. The highest BCUT2D eigenvalue weighted by atomic mass is 79.9. The fourth-order valence-corrected chi connectivity index (χ4v) is 3.94. The normalized spacial score (nSPS) is 21.8. The number of aromatic nitrogens is 2. The maximum Gasteiger partial charge on any atom is 0.393 e. The van der Waals surface area contributed by atoms with Gasteiger partial charge in [-0.3, -0.25) is 4.79 Å². The summed E-state index contributed by atoms with van der Waals surface area (Å²) in [6.45, 7) is 0.150.